The summed E-state index contributed by atoms with van der Waals surface area (Å²) in [6.45, 7) is 1.28. The third-order valence-electron chi connectivity index (χ3n) is 6.46. The van der Waals surface area contributed by atoms with Gasteiger partial charge in [-0.2, -0.15) is 5.26 Å². The zero-order chi connectivity index (χ0) is 26.8. The van der Waals surface area contributed by atoms with E-state index in [-0.39, 0.29) is 34.6 Å². The number of nitriles is 1. The summed E-state index contributed by atoms with van der Waals surface area (Å²) in [5, 5.41) is 9.80. The standard InChI is InChI=1S/C29H26FN3O5/c1-33(2)29(34)18-13-22(30)27(25(14-18)35-3)26-15-23-28(38-26)21(6-9-32-23)17-4-5-24(19(12-17)16-31)37-20-7-10-36-11-8-20/h4-6,9,12-15,20H,7-8,10-11H2,1-3H3. The maximum Gasteiger partial charge on any atom is 0.253 e. The molecule has 2 aromatic heterocycles. The van der Waals surface area contributed by atoms with Crippen molar-refractivity contribution in [1.29, 1.82) is 5.26 Å². The molecule has 1 aliphatic rings. The summed E-state index contributed by atoms with van der Waals surface area (Å²) in [7, 11) is 4.59. The molecule has 1 saturated heterocycles. The van der Waals surface area contributed by atoms with Gasteiger partial charge in [-0.25, -0.2) is 4.39 Å². The average molecular weight is 516 g/mol. The molecule has 194 valence electrons. The van der Waals surface area contributed by atoms with Crippen LogP contribution in [0.5, 0.6) is 11.5 Å². The van der Waals surface area contributed by atoms with Crippen molar-refractivity contribution in [1.82, 2.24) is 9.88 Å². The number of pyridine rings is 1. The monoisotopic (exact) mass is 515 g/mol. The third kappa shape index (κ3) is 4.78. The average Bonchev–Trinajstić information content (AvgIpc) is 3.36. The van der Waals surface area contributed by atoms with Crippen molar-refractivity contribution in [2.24, 2.45) is 0 Å². The molecule has 2 aromatic carbocycles. The molecule has 5 rings (SSSR count). The first-order valence-corrected chi connectivity index (χ1v) is 12.2. The largest absolute Gasteiger partial charge is 0.496 e. The van der Waals surface area contributed by atoms with Gasteiger partial charge in [-0.3, -0.25) is 9.78 Å². The highest BCUT2D eigenvalue weighted by Crippen LogP contribution is 2.40. The lowest BCUT2D eigenvalue weighted by molar-refractivity contribution is 0.0254. The predicted octanol–water partition coefficient (Wildman–Crippen LogP) is 5.44. The lowest BCUT2D eigenvalue weighted by Crippen LogP contribution is -2.26. The maximum absolute atomic E-state index is 15.3. The van der Waals surface area contributed by atoms with Crippen molar-refractivity contribution in [2.75, 3.05) is 34.4 Å². The number of ether oxygens (including phenoxy) is 3. The molecule has 0 N–H and O–H groups in total. The van der Waals surface area contributed by atoms with Crippen molar-refractivity contribution in [3.05, 3.63) is 65.6 Å². The van der Waals surface area contributed by atoms with E-state index in [0.29, 0.717) is 41.2 Å². The molecule has 1 fully saturated rings. The Morgan fingerprint density at radius 3 is 2.63 bits per heavy atom. The Morgan fingerprint density at radius 1 is 1.13 bits per heavy atom. The van der Waals surface area contributed by atoms with Gasteiger partial charge in [0.15, 0.2) is 5.58 Å². The molecule has 0 unspecified atom stereocenters. The highest BCUT2D eigenvalue weighted by molar-refractivity contribution is 5.96. The molecule has 0 radical (unpaired) electrons. The van der Waals surface area contributed by atoms with Gasteiger partial charge in [-0.1, -0.05) is 6.07 Å². The quantitative estimate of drug-likeness (QED) is 0.337. The van der Waals surface area contributed by atoms with Crippen molar-refractivity contribution in [3.8, 4) is 40.0 Å². The van der Waals surface area contributed by atoms with Crippen LogP contribution in [0, 0.1) is 17.1 Å². The van der Waals surface area contributed by atoms with Gasteiger partial charge in [0.05, 0.1) is 31.5 Å². The number of aromatic nitrogens is 1. The number of furan rings is 1. The summed E-state index contributed by atoms with van der Waals surface area (Å²) in [5.74, 6) is -0.112. The fourth-order valence-electron chi connectivity index (χ4n) is 4.51. The van der Waals surface area contributed by atoms with E-state index < -0.39 is 5.82 Å². The first kappa shape index (κ1) is 25.2. The van der Waals surface area contributed by atoms with Crippen LogP contribution < -0.4 is 9.47 Å². The molecular formula is C29H26FN3O5. The van der Waals surface area contributed by atoms with Crippen molar-refractivity contribution >= 4 is 17.0 Å². The smallest absolute Gasteiger partial charge is 0.253 e. The number of carbonyl (C=O) groups excluding carboxylic acids is 1. The van der Waals surface area contributed by atoms with Gasteiger partial charge < -0.3 is 23.5 Å². The Balaban J connectivity index is 1.54. The number of rotatable bonds is 6. The topological polar surface area (TPSA) is 97.8 Å². The normalized spacial score (nSPS) is 13.8. The summed E-state index contributed by atoms with van der Waals surface area (Å²) in [4.78, 5) is 18.1. The van der Waals surface area contributed by atoms with E-state index in [2.05, 4.69) is 11.1 Å². The summed E-state index contributed by atoms with van der Waals surface area (Å²) >= 11 is 0. The molecule has 0 spiro atoms. The first-order valence-electron chi connectivity index (χ1n) is 12.2. The number of methoxy groups -OCH3 is 1. The van der Waals surface area contributed by atoms with Crippen LogP contribution in [0.25, 0.3) is 33.6 Å². The van der Waals surface area contributed by atoms with Crippen LogP contribution in [0.1, 0.15) is 28.8 Å². The lowest BCUT2D eigenvalue weighted by Gasteiger charge is -2.23. The van der Waals surface area contributed by atoms with Crippen molar-refractivity contribution in [3.63, 3.8) is 0 Å². The number of hydrogen-bond donors (Lipinski definition) is 0. The Kier molecular flexibility index (Phi) is 6.99. The molecular weight excluding hydrogens is 489 g/mol. The van der Waals surface area contributed by atoms with E-state index >= 15 is 4.39 Å². The molecule has 3 heterocycles. The fraction of sp³-hybridized carbons (Fsp3) is 0.276. The second-order valence-electron chi connectivity index (χ2n) is 9.17. The van der Waals surface area contributed by atoms with Gasteiger partial charge in [-0.15, -0.1) is 0 Å². The fourth-order valence-corrected chi connectivity index (χ4v) is 4.51. The molecule has 0 saturated carbocycles. The minimum absolute atomic E-state index is 0.00579. The number of fused-ring (bicyclic) bond motifs is 1. The molecule has 0 bridgehead atoms. The lowest BCUT2D eigenvalue weighted by atomic mass is 10.0. The summed E-state index contributed by atoms with van der Waals surface area (Å²) in [5.41, 5.74) is 3.01. The highest BCUT2D eigenvalue weighted by Gasteiger charge is 2.23. The van der Waals surface area contributed by atoms with Crippen LogP contribution in [0.2, 0.25) is 0 Å². The molecule has 4 aromatic rings. The molecule has 0 atom stereocenters. The van der Waals surface area contributed by atoms with E-state index in [1.54, 1.807) is 44.6 Å². The number of benzene rings is 2. The molecule has 0 aliphatic carbocycles. The zero-order valence-corrected chi connectivity index (χ0v) is 21.3. The summed E-state index contributed by atoms with van der Waals surface area (Å²) < 4.78 is 38.3. The maximum atomic E-state index is 15.3. The van der Waals surface area contributed by atoms with E-state index in [1.807, 2.05) is 6.07 Å². The molecule has 38 heavy (non-hydrogen) atoms. The number of halogens is 1. The van der Waals surface area contributed by atoms with Gasteiger partial charge in [-0.05, 0) is 35.9 Å². The van der Waals surface area contributed by atoms with Crippen LogP contribution >= 0.6 is 0 Å². The van der Waals surface area contributed by atoms with Crippen LogP contribution in [-0.4, -0.2) is 56.3 Å². The Morgan fingerprint density at radius 2 is 1.92 bits per heavy atom. The van der Waals surface area contributed by atoms with Gasteiger partial charge in [0.2, 0.25) is 0 Å². The predicted molar refractivity (Wildman–Crippen MR) is 139 cm³/mol. The minimum Gasteiger partial charge on any atom is -0.496 e. The van der Waals surface area contributed by atoms with Gasteiger partial charge in [0.25, 0.3) is 5.91 Å². The van der Waals surface area contributed by atoms with Crippen molar-refractivity contribution in [2.45, 2.75) is 18.9 Å². The molecule has 1 amide bonds. The summed E-state index contributed by atoms with van der Waals surface area (Å²) in [6, 6.07) is 13.7. The SMILES string of the molecule is COc1cc(C(=O)N(C)C)cc(F)c1-c1cc2nccc(-c3ccc(OC4CCOCC4)c(C#N)c3)c2o1. The van der Waals surface area contributed by atoms with Crippen LogP contribution in [-0.2, 0) is 4.74 Å². The molecule has 1 aliphatic heterocycles. The van der Waals surface area contributed by atoms with Crippen LogP contribution in [0.3, 0.4) is 0 Å². The number of hydrogen-bond acceptors (Lipinski definition) is 7. The number of amides is 1. The number of carbonyl (C=O) groups is 1. The van der Waals surface area contributed by atoms with Crippen LogP contribution in [0.15, 0.2) is 53.1 Å². The second-order valence-corrected chi connectivity index (χ2v) is 9.17. The Hall–Kier alpha value is -4.42. The Bertz CT molecular complexity index is 1550. The second kappa shape index (κ2) is 10.5. The van der Waals surface area contributed by atoms with Gasteiger partial charge in [0, 0.05) is 50.3 Å². The zero-order valence-electron chi connectivity index (χ0n) is 21.3. The molecule has 9 heteroatoms. The molecule has 8 nitrogen and oxygen atoms in total. The Labute approximate surface area is 219 Å². The van der Waals surface area contributed by atoms with Crippen LogP contribution in [0.4, 0.5) is 4.39 Å². The highest BCUT2D eigenvalue weighted by atomic mass is 19.1. The van der Waals surface area contributed by atoms with E-state index in [1.165, 1.54) is 18.1 Å². The third-order valence-corrected chi connectivity index (χ3v) is 6.46. The summed E-state index contributed by atoms with van der Waals surface area (Å²) in [6.07, 6.45) is 3.18. The first-order chi connectivity index (χ1) is 18.4. The number of nitrogens with zero attached hydrogens (tertiary/aromatic N) is 3. The van der Waals surface area contributed by atoms with E-state index in [0.717, 1.165) is 24.5 Å². The van der Waals surface area contributed by atoms with Gasteiger partial charge in [0.1, 0.15) is 40.8 Å². The van der Waals surface area contributed by atoms with E-state index in [4.69, 9.17) is 18.6 Å². The van der Waals surface area contributed by atoms with Crippen molar-refractivity contribution < 1.29 is 27.8 Å². The van der Waals surface area contributed by atoms with E-state index in [9.17, 15) is 10.1 Å². The minimum atomic E-state index is -0.656. The van der Waals surface area contributed by atoms with Gasteiger partial charge >= 0.3 is 0 Å².